The first-order chi connectivity index (χ1) is 15.7. The Kier molecular flexibility index (Phi) is 10.6. The van der Waals surface area contributed by atoms with Crippen LogP contribution < -0.4 is 0 Å². The molecule has 2 aromatic rings. The number of hydrogen-bond donors (Lipinski definition) is 4. The van der Waals surface area contributed by atoms with Crippen molar-refractivity contribution in [3.8, 4) is 17.2 Å². The minimum atomic E-state index is -4.47. The number of aromatic hydroxyl groups is 3. The van der Waals surface area contributed by atoms with Gasteiger partial charge in [0.2, 0.25) is 0 Å². The van der Waals surface area contributed by atoms with E-state index in [1.807, 2.05) is 0 Å². The normalized spacial score (nSPS) is 11.9. The molecular weight excluding hydrogens is 444 g/mol. The van der Waals surface area contributed by atoms with Crippen molar-refractivity contribution in [3.05, 3.63) is 35.9 Å². The first-order valence-corrected chi connectivity index (χ1v) is 12.9. The van der Waals surface area contributed by atoms with Gasteiger partial charge in [0.05, 0.1) is 4.90 Å². The van der Waals surface area contributed by atoms with Gasteiger partial charge >= 0.3 is 0 Å². The van der Waals surface area contributed by atoms with Crippen LogP contribution in [0.2, 0.25) is 0 Å². The number of rotatable bonds is 14. The van der Waals surface area contributed by atoms with Crippen molar-refractivity contribution in [2.75, 3.05) is 0 Å². The second-order valence-electron chi connectivity index (χ2n) is 8.23. The van der Waals surface area contributed by atoms with Gasteiger partial charge in [0.1, 0.15) is 28.6 Å². The zero-order valence-corrected chi connectivity index (χ0v) is 19.9. The molecule has 182 valence electrons. The standard InChI is InChI=1S/C24H34N2O6S/c1-2-3-4-5-6-7-8-9-10-11-12-18-15-20(24(29)17-23(18)28)25-26-21-16-19(33(30,31)32)13-14-22(21)27/h13-17,27-29H,2-12H2,1H3,(H,30,31,32). The molecule has 2 aromatic carbocycles. The molecule has 4 N–H and O–H groups in total. The van der Waals surface area contributed by atoms with E-state index in [2.05, 4.69) is 17.2 Å². The van der Waals surface area contributed by atoms with Crippen molar-refractivity contribution < 1.29 is 28.3 Å². The van der Waals surface area contributed by atoms with Crippen LogP contribution in [0.1, 0.15) is 76.7 Å². The molecule has 9 heteroatoms. The lowest BCUT2D eigenvalue weighted by atomic mass is 10.0. The van der Waals surface area contributed by atoms with Crippen LogP contribution in [0, 0.1) is 0 Å². The number of phenols is 3. The van der Waals surface area contributed by atoms with Gasteiger partial charge in [-0.2, -0.15) is 8.42 Å². The maximum absolute atomic E-state index is 11.3. The first kappa shape index (κ1) is 26.6. The van der Waals surface area contributed by atoms with Gasteiger partial charge in [0.25, 0.3) is 10.1 Å². The molecule has 0 fully saturated rings. The summed E-state index contributed by atoms with van der Waals surface area (Å²) < 4.78 is 31.7. The van der Waals surface area contributed by atoms with Crippen LogP contribution in [-0.2, 0) is 16.5 Å². The second-order valence-corrected chi connectivity index (χ2v) is 9.65. The highest BCUT2D eigenvalue weighted by Crippen LogP contribution is 2.37. The molecule has 0 saturated carbocycles. The van der Waals surface area contributed by atoms with Crippen LogP contribution in [0.15, 0.2) is 45.5 Å². The van der Waals surface area contributed by atoms with E-state index >= 15 is 0 Å². The van der Waals surface area contributed by atoms with Crippen molar-refractivity contribution >= 4 is 21.5 Å². The molecule has 0 aliphatic heterocycles. The van der Waals surface area contributed by atoms with Crippen LogP contribution in [0.25, 0.3) is 0 Å². The van der Waals surface area contributed by atoms with E-state index in [9.17, 15) is 23.7 Å². The van der Waals surface area contributed by atoms with Gasteiger partial charge in [-0.25, -0.2) is 0 Å². The zero-order chi connectivity index (χ0) is 24.3. The molecule has 0 unspecified atom stereocenters. The SMILES string of the molecule is CCCCCCCCCCCCc1cc(N=Nc2cc(S(=O)(=O)O)ccc2O)c(O)cc1O. The summed E-state index contributed by atoms with van der Waals surface area (Å²) in [5.41, 5.74) is 0.512. The first-order valence-electron chi connectivity index (χ1n) is 11.5. The van der Waals surface area contributed by atoms with Gasteiger partial charge in [-0.1, -0.05) is 64.7 Å². The average Bonchev–Trinajstić information content (AvgIpc) is 2.75. The third-order valence-corrected chi connectivity index (χ3v) is 6.34. The topological polar surface area (TPSA) is 140 Å². The van der Waals surface area contributed by atoms with Gasteiger partial charge in [-0.3, -0.25) is 4.55 Å². The predicted molar refractivity (Wildman–Crippen MR) is 127 cm³/mol. The number of azo groups is 1. The molecule has 0 bridgehead atoms. The summed E-state index contributed by atoms with van der Waals surface area (Å²) in [6.45, 7) is 2.22. The molecule has 2 rings (SSSR count). The summed E-state index contributed by atoms with van der Waals surface area (Å²) in [5, 5.41) is 37.8. The molecule has 0 heterocycles. The molecule has 0 amide bonds. The van der Waals surface area contributed by atoms with E-state index in [1.165, 1.54) is 57.1 Å². The van der Waals surface area contributed by atoms with E-state index in [-0.39, 0.29) is 28.6 Å². The number of unbranched alkanes of at least 4 members (excludes halogenated alkanes) is 9. The van der Waals surface area contributed by atoms with Crippen molar-refractivity contribution in [2.45, 2.75) is 82.4 Å². The Morgan fingerprint density at radius 2 is 1.24 bits per heavy atom. The van der Waals surface area contributed by atoms with Gasteiger partial charge in [-0.05, 0) is 42.7 Å². The number of benzene rings is 2. The van der Waals surface area contributed by atoms with Crippen molar-refractivity contribution in [1.29, 1.82) is 0 Å². The molecule has 0 aliphatic rings. The van der Waals surface area contributed by atoms with Crippen LogP contribution in [0.4, 0.5) is 11.4 Å². The smallest absolute Gasteiger partial charge is 0.294 e. The fourth-order valence-electron chi connectivity index (χ4n) is 3.54. The highest BCUT2D eigenvalue weighted by atomic mass is 32.2. The summed E-state index contributed by atoms with van der Waals surface area (Å²) >= 11 is 0. The second kappa shape index (κ2) is 13.2. The maximum atomic E-state index is 11.3. The van der Waals surface area contributed by atoms with Crippen LogP contribution in [0.5, 0.6) is 17.2 Å². The number of hydrogen-bond acceptors (Lipinski definition) is 7. The molecule has 0 radical (unpaired) electrons. The number of nitrogens with zero attached hydrogens (tertiary/aromatic N) is 2. The maximum Gasteiger partial charge on any atom is 0.294 e. The van der Waals surface area contributed by atoms with E-state index in [1.54, 1.807) is 0 Å². The Morgan fingerprint density at radius 1 is 0.697 bits per heavy atom. The lowest BCUT2D eigenvalue weighted by Gasteiger charge is -2.08. The predicted octanol–water partition coefficient (Wildman–Crippen LogP) is 6.93. The van der Waals surface area contributed by atoms with Gasteiger partial charge in [0, 0.05) is 6.07 Å². The summed E-state index contributed by atoms with van der Waals surface area (Å²) in [6, 6.07) is 5.79. The highest BCUT2D eigenvalue weighted by molar-refractivity contribution is 7.85. The number of phenolic OH excluding ortho intramolecular Hbond substituents is 3. The monoisotopic (exact) mass is 478 g/mol. The van der Waals surface area contributed by atoms with E-state index in [4.69, 9.17) is 4.55 Å². The summed E-state index contributed by atoms with van der Waals surface area (Å²) in [5.74, 6) is -0.665. The highest BCUT2D eigenvalue weighted by Gasteiger charge is 2.13. The lowest BCUT2D eigenvalue weighted by molar-refractivity contribution is 0.445. The van der Waals surface area contributed by atoms with Crippen molar-refractivity contribution in [2.24, 2.45) is 10.2 Å². The Hall–Kier alpha value is -2.65. The largest absolute Gasteiger partial charge is 0.508 e. The average molecular weight is 479 g/mol. The number of aryl methyl sites for hydroxylation is 1. The summed E-state index contributed by atoms with van der Waals surface area (Å²) in [4.78, 5) is -0.439. The lowest BCUT2D eigenvalue weighted by Crippen LogP contribution is -1.96. The van der Waals surface area contributed by atoms with E-state index in [0.717, 1.165) is 37.5 Å². The Morgan fingerprint density at radius 3 is 1.82 bits per heavy atom. The molecule has 0 atom stereocenters. The molecule has 33 heavy (non-hydrogen) atoms. The minimum Gasteiger partial charge on any atom is -0.508 e. The van der Waals surface area contributed by atoms with Crippen molar-refractivity contribution in [1.82, 2.24) is 0 Å². The Balaban J connectivity index is 1.93. The van der Waals surface area contributed by atoms with Gasteiger partial charge < -0.3 is 15.3 Å². The Labute approximate surface area is 195 Å². The molecule has 0 aromatic heterocycles. The molecule has 0 spiro atoms. The molecular formula is C24H34N2O6S. The van der Waals surface area contributed by atoms with Gasteiger partial charge in [-0.15, -0.1) is 10.2 Å². The van der Waals surface area contributed by atoms with Crippen LogP contribution in [-0.4, -0.2) is 28.3 Å². The van der Waals surface area contributed by atoms with Crippen molar-refractivity contribution in [3.63, 3.8) is 0 Å². The van der Waals surface area contributed by atoms with Crippen LogP contribution in [0.3, 0.4) is 0 Å². The van der Waals surface area contributed by atoms with Gasteiger partial charge in [0.15, 0.2) is 0 Å². The molecule has 0 saturated heterocycles. The fraction of sp³-hybridized carbons (Fsp3) is 0.500. The van der Waals surface area contributed by atoms with Crippen LogP contribution >= 0.6 is 0 Å². The quantitative estimate of drug-likeness (QED) is 0.132. The van der Waals surface area contributed by atoms with E-state index < -0.39 is 15.0 Å². The van der Waals surface area contributed by atoms with E-state index in [0.29, 0.717) is 12.0 Å². The summed E-state index contributed by atoms with van der Waals surface area (Å²) in [7, 11) is -4.47. The summed E-state index contributed by atoms with van der Waals surface area (Å²) in [6.07, 6.45) is 12.7. The minimum absolute atomic E-state index is 0.0291. The zero-order valence-electron chi connectivity index (χ0n) is 19.1. The third kappa shape index (κ3) is 9.01. The Bertz CT molecular complexity index is 1040. The third-order valence-electron chi connectivity index (χ3n) is 5.49. The molecule has 0 aliphatic carbocycles. The fourth-order valence-corrected chi connectivity index (χ4v) is 4.04. The molecule has 8 nitrogen and oxygen atoms in total.